The number of benzene rings is 3. The molecule has 0 saturated carbocycles. The maximum atomic E-state index is 13.2. The molecule has 180 valence electrons. The van der Waals surface area contributed by atoms with Crippen molar-refractivity contribution in [1.29, 1.82) is 0 Å². The first-order chi connectivity index (χ1) is 17.0. The summed E-state index contributed by atoms with van der Waals surface area (Å²) in [5.74, 6) is 1.65. The maximum absolute atomic E-state index is 13.2. The molecule has 0 aliphatic heterocycles. The predicted molar refractivity (Wildman–Crippen MR) is 141 cm³/mol. The zero-order chi connectivity index (χ0) is 24.8. The molecular formula is C24H22BrN5O4S. The zero-order valence-corrected chi connectivity index (χ0v) is 21.3. The molecule has 1 atom stereocenters. The molecule has 0 fully saturated rings. The Bertz CT molecular complexity index is 1380. The Hall–Kier alpha value is -3.70. The molecule has 0 aliphatic rings. The molecule has 0 aliphatic carbocycles. The second-order valence-electron chi connectivity index (χ2n) is 7.22. The van der Waals surface area contributed by atoms with Gasteiger partial charge < -0.3 is 20.1 Å². The van der Waals surface area contributed by atoms with E-state index in [1.807, 2.05) is 24.3 Å². The minimum atomic E-state index is -1.69. The lowest BCUT2D eigenvalue weighted by atomic mass is 10.2. The number of fused-ring (bicyclic) bond motifs is 1. The van der Waals surface area contributed by atoms with Crippen molar-refractivity contribution in [3.8, 4) is 11.5 Å². The molecule has 1 amide bonds. The highest BCUT2D eigenvalue weighted by atomic mass is 79.9. The minimum absolute atomic E-state index is 0.162. The van der Waals surface area contributed by atoms with Crippen LogP contribution in [0.3, 0.4) is 0 Å². The highest BCUT2D eigenvalue weighted by Crippen LogP contribution is 2.31. The van der Waals surface area contributed by atoms with Crippen molar-refractivity contribution in [2.75, 3.05) is 34.9 Å². The van der Waals surface area contributed by atoms with E-state index in [4.69, 9.17) is 9.47 Å². The minimum Gasteiger partial charge on any atom is -0.497 e. The van der Waals surface area contributed by atoms with Crippen molar-refractivity contribution >= 4 is 66.9 Å². The fourth-order valence-electron chi connectivity index (χ4n) is 3.20. The molecular weight excluding hydrogens is 534 g/mol. The lowest BCUT2D eigenvalue weighted by Crippen LogP contribution is -2.13. The van der Waals surface area contributed by atoms with Crippen LogP contribution in [0.5, 0.6) is 11.5 Å². The number of aromatic nitrogens is 2. The van der Waals surface area contributed by atoms with Gasteiger partial charge in [-0.2, -0.15) is 0 Å². The Morgan fingerprint density at radius 2 is 1.54 bits per heavy atom. The van der Waals surface area contributed by atoms with Crippen molar-refractivity contribution in [1.82, 2.24) is 9.97 Å². The Morgan fingerprint density at radius 1 is 0.886 bits per heavy atom. The van der Waals surface area contributed by atoms with E-state index in [-0.39, 0.29) is 11.2 Å². The molecule has 1 unspecified atom stereocenters. The lowest BCUT2D eigenvalue weighted by molar-refractivity contribution is -0.113. The van der Waals surface area contributed by atoms with Gasteiger partial charge in [0.15, 0.2) is 22.6 Å². The van der Waals surface area contributed by atoms with Gasteiger partial charge in [-0.25, -0.2) is 14.2 Å². The average Bonchev–Trinajstić information content (AvgIpc) is 2.88. The Labute approximate surface area is 213 Å². The van der Waals surface area contributed by atoms with Gasteiger partial charge in [0.05, 0.1) is 35.5 Å². The topological polar surface area (TPSA) is 114 Å². The SMILES string of the molecule is COc1cc(Nc2nc3ccccc3nc2NS(=O)c2cccc(NC(=O)CBr)c2)cc(OC)c1. The molecule has 0 spiro atoms. The van der Waals surface area contributed by atoms with Crippen LogP contribution in [0.15, 0.2) is 71.6 Å². The number of para-hydroxylation sites is 2. The van der Waals surface area contributed by atoms with Crippen LogP contribution >= 0.6 is 15.9 Å². The third-order valence-corrected chi connectivity index (χ3v) is 6.40. The molecule has 35 heavy (non-hydrogen) atoms. The molecule has 1 aromatic heterocycles. The van der Waals surface area contributed by atoms with Gasteiger partial charge in [0, 0.05) is 29.6 Å². The molecule has 4 rings (SSSR count). The monoisotopic (exact) mass is 555 g/mol. The Morgan fingerprint density at radius 3 is 2.17 bits per heavy atom. The summed E-state index contributed by atoms with van der Waals surface area (Å²) in [5.41, 5.74) is 2.49. The fourth-order valence-corrected chi connectivity index (χ4v) is 4.22. The summed E-state index contributed by atoms with van der Waals surface area (Å²) in [6, 6.07) is 19.5. The molecule has 0 saturated heterocycles. The summed E-state index contributed by atoms with van der Waals surface area (Å²) in [6.45, 7) is 0. The first-order valence-corrected chi connectivity index (χ1v) is 12.7. The van der Waals surface area contributed by atoms with E-state index in [2.05, 4.69) is 41.3 Å². The maximum Gasteiger partial charge on any atom is 0.235 e. The van der Waals surface area contributed by atoms with Crippen molar-refractivity contribution in [3.05, 3.63) is 66.7 Å². The van der Waals surface area contributed by atoms with E-state index in [1.54, 1.807) is 56.7 Å². The van der Waals surface area contributed by atoms with Crippen LogP contribution in [-0.2, 0) is 15.8 Å². The van der Waals surface area contributed by atoms with Crippen LogP contribution in [0.4, 0.5) is 23.0 Å². The summed E-state index contributed by atoms with van der Waals surface area (Å²) in [6.07, 6.45) is 0. The number of amides is 1. The first kappa shape index (κ1) is 24.4. The third kappa shape index (κ3) is 6.06. The fraction of sp³-hybridized carbons (Fsp3) is 0.125. The standard InChI is InChI=1S/C24H22BrN5O4S/c1-33-17-10-16(11-18(13-17)34-2)27-23-24(29-21-9-4-3-8-20(21)28-23)30-35(32)19-7-5-6-15(12-19)26-22(31)14-25/h3-13H,14H2,1-2H3,(H,26,31)(H,27,28)(H,29,30). The van der Waals surface area contributed by atoms with Crippen molar-refractivity contribution in [3.63, 3.8) is 0 Å². The zero-order valence-electron chi connectivity index (χ0n) is 18.9. The smallest absolute Gasteiger partial charge is 0.235 e. The van der Waals surface area contributed by atoms with Crippen molar-refractivity contribution in [2.45, 2.75) is 4.90 Å². The number of carbonyl (C=O) groups excluding carboxylic acids is 1. The summed E-state index contributed by atoms with van der Waals surface area (Å²) in [7, 11) is 1.45. The molecule has 1 heterocycles. The highest BCUT2D eigenvalue weighted by Gasteiger charge is 2.15. The number of carbonyl (C=O) groups is 1. The molecule has 3 N–H and O–H groups in total. The summed E-state index contributed by atoms with van der Waals surface area (Å²) in [4.78, 5) is 21.5. The highest BCUT2D eigenvalue weighted by molar-refractivity contribution is 9.09. The van der Waals surface area contributed by atoms with Gasteiger partial charge in [-0.1, -0.05) is 34.1 Å². The van der Waals surface area contributed by atoms with Gasteiger partial charge in [-0.05, 0) is 30.3 Å². The largest absolute Gasteiger partial charge is 0.497 e. The quantitative estimate of drug-likeness (QED) is 0.252. The summed E-state index contributed by atoms with van der Waals surface area (Å²) >= 11 is 3.11. The summed E-state index contributed by atoms with van der Waals surface area (Å²) in [5, 5.41) is 6.11. The van der Waals surface area contributed by atoms with E-state index in [9.17, 15) is 9.00 Å². The number of nitrogens with zero attached hydrogens (tertiary/aromatic N) is 2. The molecule has 4 aromatic rings. The van der Waals surface area contributed by atoms with Gasteiger partial charge >= 0.3 is 0 Å². The Kier molecular flexibility index (Phi) is 7.78. The predicted octanol–water partition coefficient (Wildman–Crippen LogP) is 4.86. The number of methoxy groups -OCH3 is 2. The third-order valence-electron chi connectivity index (χ3n) is 4.83. The van der Waals surface area contributed by atoms with E-state index in [0.717, 1.165) is 0 Å². The lowest BCUT2D eigenvalue weighted by Gasteiger charge is -2.15. The number of rotatable bonds is 9. The van der Waals surface area contributed by atoms with E-state index in [0.29, 0.717) is 50.4 Å². The van der Waals surface area contributed by atoms with Crippen LogP contribution in [0.2, 0.25) is 0 Å². The van der Waals surface area contributed by atoms with Crippen molar-refractivity contribution in [2.24, 2.45) is 0 Å². The molecule has 0 radical (unpaired) electrons. The second-order valence-corrected chi connectivity index (χ2v) is 8.99. The number of alkyl halides is 1. The van der Waals surface area contributed by atoms with Gasteiger partial charge in [0.1, 0.15) is 11.5 Å². The molecule has 3 aromatic carbocycles. The normalized spacial score (nSPS) is 11.5. The van der Waals surface area contributed by atoms with Gasteiger partial charge in [-0.3, -0.25) is 9.52 Å². The average molecular weight is 556 g/mol. The van der Waals surface area contributed by atoms with Gasteiger partial charge in [0.25, 0.3) is 0 Å². The van der Waals surface area contributed by atoms with E-state index in [1.165, 1.54) is 0 Å². The molecule has 9 nitrogen and oxygen atoms in total. The number of anilines is 4. The second kappa shape index (κ2) is 11.2. The number of hydrogen-bond acceptors (Lipinski definition) is 7. The Balaban J connectivity index is 1.68. The van der Waals surface area contributed by atoms with Crippen molar-refractivity contribution < 1.29 is 18.5 Å². The first-order valence-electron chi connectivity index (χ1n) is 10.4. The molecule has 0 bridgehead atoms. The summed E-state index contributed by atoms with van der Waals surface area (Å²) < 4.78 is 26.9. The van der Waals surface area contributed by atoms with Crippen LogP contribution < -0.4 is 24.8 Å². The molecule has 11 heteroatoms. The van der Waals surface area contributed by atoms with Crippen LogP contribution in [0, 0.1) is 0 Å². The van der Waals surface area contributed by atoms with E-state index < -0.39 is 11.0 Å². The van der Waals surface area contributed by atoms with Crippen LogP contribution in [0.25, 0.3) is 11.0 Å². The number of ether oxygens (including phenoxy) is 2. The number of nitrogens with one attached hydrogen (secondary N) is 3. The van der Waals surface area contributed by atoms with Crippen LogP contribution in [0.1, 0.15) is 0 Å². The number of hydrogen-bond donors (Lipinski definition) is 3. The van der Waals surface area contributed by atoms with E-state index >= 15 is 0 Å². The van der Waals surface area contributed by atoms with Gasteiger partial charge in [-0.15, -0.1) is 0 Å². The van der Waals surface area contributed by atoms with Crippen LogP contribution in [-0.4, -0.2) is 39.6 Å². The van der Waals surface area contributed by atoms with Gasteiger partial charge in [0.2, 0.25) is 5.91 Å². The number of halogens is 1.